The minimum absolute atomic E-state index is 0.330. The first kappa shape index (κ1) is 19.5. The van der Waals surface area contributed by atoms with E-state index in [1.54, 1.807) is 44.2 Å². The van der Waals surface area contributed by atoms with Gasteiger partial charge in [-0.25, -0.2) is 13.6 Å². The Balaban J connectivity index is 2.52. The van der Waals surface area contributed by atoms with E-state index in [-0.39, 0.29) is 0 Å². The molecule has 0 saturated heterocycles. The summed E-state index contributed by atoms with van der Waals surface area (Å²) in [7, 11) is 0. The molecule has 0 aliphatic rings. The van der Waals surface area contributed by atoms with Crippen molar-refractivity contribution in [2.45, 2.75) is 51.9 Å². The molecule has 0 aliphatic heterocycles. The van der Waals surface area contributed by atoms with Gasteiger partial charge in [0, 0.05) is 13.0 Å². The average molecular weight is 330 g/mol. The Morgan fingerprint density at radius 1 is 1.22 bits per heavy atom. The Labute approximate surface area is 135 Å². The standard InChI is InChI=1S/C17H24F2O4/c1-5-21-13(2)23-16(3,4)17(18,19)11-12-22-15(20)14-9-7-6-8-10-14/h6-10,13H,5,11-12H2,1-4H3. The number of hydrogen-bond acceptors (Lipinski definition) is 4. The van der Waals surface area contributed by atoms with Crippen LogP contribution in [0.3, 0.4) is 0 Å². The van der Waals surface area contributed by atoms with E-state index in [2.05, 4.69) is 0 Å². The molecule has 0 radical (unpaired) electrons. The molecule has 6 heteroatoms. The van der Waals surface area contributed by atoms with Gasteiger partial charge < -0.3 is 14.2 Å². The zero-order valence-corrected chi connectivity index (χ0v) is 14.0. The van der Waals surface area contributed by atoms with Gasteiger partial charge in [-0.05, 0) is 39.8 Å². The lowest BCUT2D eigenvalue weighted by molar-refractivity contribution is -0.265. The van der Waals surface area contributed by atoms with E-state index in [1.165, 1.54) is 13.8 Å². The largest absolute Gasteiger partial charge is 0.462 e. The lowest BCUT2D eigenvalue weighted by atomic mass is 9.97. The fourth-order valence-electron chi connectivity index (χ4n) is 2.00. The quantitative estimate of drug-likeness (QED) is 0.506. The lowest BCUT2D eigenvalue weighted by Crippen LogP contribution is -2.48. The highest BCUT2D eigenvalue weighted by Crippen LogP contribution is 2.35. The Morgan fingerprint density at radius 3 is 2.39 bits per heavy atom. The summed E-state index contributed by atoms with van der Waals surface area (Å²) in [5.41, 5.74) is -1.41. The van der Waals surface area contributed by atoms with Crippen LogP contribution in [0.4, 0.5) is 8.78 Å². The van der Waals surface area contributed by atoms with Gasteiger partial charge in [-0.15, -0.1) is 0 Å². The Kier molecular flexibility index (Phi) is 7.09. The molecule has 1 atom stereocenters. The minimum Gasteiger partial charge on any atom is -0.462 e. The summed E-state index contributed by atoms with van der Waals surface area (Å²) in [6.07, 6.45) is -1.37. The van der Waals surface area contributed by atoms with E-state index in [0.29, 0.717) is 12.2 Å². The molecule has 0 heterocycles. The zero-order chi connectivity index (χ0) is 17.5. The van der Waals surface area contributed by atoms with Crippen LogP contribution in [0.25, 0.3) is 0 Å². The van der Waals surface area contributed by atoms with Crippen LogP contribution in [-0.4, -0.2) is 37.0 Å². The SMILES string of the molecule is CCOC(C)OC(C)(C)C(F)(F)CCOC(=O)c1ccccc1. The molecule has 0 fully saturated rings. The van der Waals surface area contributed by atoms with E-state index in [4.69, 9.17) is 14.2 Å². The molecule has 1 aromatic rings. The van der Waals surface area contributed by atoms with Crippen molar-refractivity contribution in [3.05, 3.63) is 35.9 Å². The molecule has 1 aromatic carbocycles. The van der Waals surface area contributed by atoms with Crippen LogP contribution in [0.5, 0.6) is 0 Å². The summed E-state index contributed by atoms with van der Waals surface area (Å²) in [5.74, 6) is -3.79. The van der Waals surface area contributed by atoms with Gasteiger partial charge in [0.15, 0.2) is 6.29 Å². The van der Waals surface area contributed by atoms with Gasteiger partial charge in [0.2, 0.25) is 0 Å². The fourth-order valence-corrected chi connectivity index (χ4v) is 2.00. The number of carbonyl (C=O) groups excluding carboxylic acids is 1. The summed E-state index contributed by atoms with van der Waals surface area (Å²) in [6, 6.07) is 8.24. The molecule has 1 rings (SSSR count). The van der Waals surface area contributed by atoms with Crippen molar-refractivity contribution in [1.29, 1.82) is 0 Å². The number of esters is 1. The van der Waals surface area contributed by atoms with Gasteiger partial charge in [-0.3, -0.25) is 0 Å². The number of rotatable bonds is 9. The number of alkyl halides is 2. The summed E-state index contributed by atoms with van der Waals surface area (Å²) >= 11 is 0. The fraction of sp³-hybridized carbons (Fsp3) is 0.588. The van der Waals surface area contributed by atoms with Gasteiger partial charge in [0.05, 0.1) is 12.2 Å². The summed E-state index contributed by atoms with van der Waals surface area (Å²) in [4.78, 5) is 11.7. The van der Waals surface area contributed by atoms with Crippen LogP contribution in [0.15, 0.2) is 30.3 Å². The number of halogens is 2. The second-order valence-corrected chi connectivity index (χ2v) is 5.61. The highest BCUT2D eigenvalue weighted by Gasteiger charge is 2.48. The lowest BCUT2D eigenvalue weighted by Gasteiger charge is -2.36. The molecule has 1 unspecified atom stereocenters. The highest BCUT2D eigenvalue weighted by atomic mass is 19.3. The molecular weight excluding hydrogens is 306 g/mol. The molecule has 0 aliphatic carbocycles. The third-order valence-corrected chi connectivity index (χ3v) is 3.40. The summed E-state index contributed by atoms with van der Waals surface area (Å²) in [6.45, 7) is 5.89. The zero-order valence-electron chi connectivity index (χ0n) is 14.0. The van der Waals surface area contributed by atoms with Gasteiger partial charge >= 0.3 is 5.97 Å². The Morgan fingerprint density at radius 2 is 1.83 bits per heavy atom. The van der Waals surface area contributed by atoms with Crippen molar-refractivity contribution in [3.63, 3.8) is 0 Å². The van der Waals surface area contributed by atoms with Crippen LogP contribution in [-0.2, 0) is 14.2 Å². The summed E-state index contributed by atoms with van der Waals surface area (Å²) in [5, 5.41) is 0. The van der Waals surface area contributed by atoms with E-state index < -0.39 is 36.8 Å². The first-order valence-electron chi connectivity index (χ1n) is 7.59. The predicted octanol–water partition coefficient (Wildman–Crippen LogP) is 4.05. The third kappa shape index (κ3) is 5.88. The summed E-state index contributed by atoms with van der Waals surface area (Å²) < 4.78 is 43.9. The maximum Gasteiger partial charge on any atom is 0.338 e. The number of ether oxygens (including phenoxy) is 3. The molecule has 0 bridgehead atoms. The third-order valence-electron chi connectivity index (χ3n) is 3.40. The second-order valence-electron chi connectivity index (χ2n) is 5.61. The maximum absolute atomic E-state index is 14.3. The van der Waals surface area contributed by atoms with Crippen LogP contribution in [0, 0.1) is 0 Å². The van der Waals surface area contributed by atoms with Crippen molar-refractivity contribution in [1.82, 2.24) is 0 Å². The second kappa shape index (κ2) is 8.36. The van der Waals surface area contributed by atoms with E-state index >= 15 is 0 Å². The average Bonchev–Trinajstić information content (AvgIpc) is 2.47. The molecule has 23 heavy (non-hydrogen) atoms. The molecule has 0 amide bonds. The maximum atomic E-state index is 14.3. The Bertz CT molecular complexity index is 489. The molecule has 0 N–H and O–H groups in total. The van der Waals surface area contributed by atoms with E-state index in [9.17, 15) is 13.6 Å². The van der Waals surface area contributed by atoms with Crippen LogP contribution < -0.4 is 0 Å². The minimum atomic E-state index is -3.17. The van der Waals surface area contributed by atoms with Crippen LogP contribution in [0.2, 0.25) is 0 Å². The Hall–Kier alpha value is -1.53. The van der Waals surface area contributed by atoms with Crippen molar-refractivity contribution in [2.75, 3.05) is 13.2 Å². The number of hydrogen-bond donors (Lipinski definition) is 0. The van der Waals surface area contributed by atoms with Gasteiger partial charge in [-0.1, -0.05) is 18.2 Å². The van der Waals surface area contributed by atoms with Gasteiger partial charge in [-0.2, -0.15) is 0 Å². The smallest absolute Gasteiger partial charge is 0.338 e. The molecule has 130 valence electrons. The first-order chi connectivity index (χ1) is 10.7. The topological polar surface area (TPSA) is 44.8 Å². The molecule has 0 aromatic heterocycles. The van der Waals surface area contributed by atoms with E-state index in [1.807, 2.05) is 0 Å². The van der Waals surface area contributed by atoms with Crippen molar-refractivity contribution in [3.8, 4) is 0 Å². The first-order valence-corrected chi connectivity index (χ1v) is 7.59. The van der Waals surface area contributed by atoms with Crippen LogP contribution in [0.1, 0.15) is 44.5 Å². The number of carbonyl (C=O) groups is 1. The normalized spacial score (nSPS) is 13.7. The monoisotopic (exact) mass is 330 g/mol. The van der Waals surface area contributed by atoms with Gasteiger partial charge in [0.25, 0.3) is 5.92 Å². The highest BCUT2D eigenvalue weighted by molar-refractivity contribution is 5.89. The van der Waals surface area contributed by atoms with E-state index in [0.717, 1.165) is 0 Å². The molecular formula is C17H24F2O4. The predicted molar refractivity (Wildman–Crippen MR) is 82.5 cm³/mol. The van der Waals surface area contributed by atoms with Crippen molar-refractivity contribution < 1.29 is 27.8 Å². The molecule has 0 saturated carbocycles. The van der Waals surface area contributed by atoms with Crippen LogP contribution >= 0.6 is 0 Å². The number of benzene rings is 1. The van der Waals surface area contributed by atoms with Crippen molar-refractivity contribution in [2.24, 2.45) is 0 Å². The molecule has 4 nitrogen and oxygen atoms in total. The van der Waals surface area contributed by atoms with Crippen molar-refractivity contribution >= 4 is 5.97 Å². The molecule has 0 spiro atoms. The van der Waals surface area contributed by atoms with Gasteiger partial charge in [0.1, 0.15) is 5.60 Å².